The standard InChI is InChI=1S/C15H24FNO2/c1-15(2,8-10-18)17(3)9-7-12-11-13(16)5-6-14(12)19-4/h5-6,11,18H,7-10H2,1-4H3. The monoisotopic (exact) mass is 269 g/mol. The molecule has 0 saturated heterocycles. The summed E-state index contributed by atoms with van der Waals surface area (Å²) in [4.78, 5) is 2.17. The van der Waals surface area contributed by atoms with Crippen LogP contribution in [0.1, 0.15) is 25.8 Å². The van der Waals surface area contributed by atoms with E-state index in [0.717, 1.165) is 17.9 Å². The molecule has 1 aromatic carbocycles. The lowest BCUT2D eigenvalue weighted by molar-refractivity contribution is 0.117. The lowest BCUT2D eigenvalue weighted by Gasteiger charge is -2.35. The van der Waals surface area contributed by atoms with Gasteiger partial charge in [0.1, 0.15) is 11.6 Å². The lowest BCUT2D eigenvalue weighted by Crippen LogP contribution is -2.42. The van der Waals surface area contributed by atoms with E-state index in [2.05, 4.69) is 18.7 Å². The molecule has 0 aliphatic carbocycles. The SMILES string of the molecule is COc1ccc(F)cc1CCN(C)C(C)(C)CCO. The topological polar surface area (TPSA) is 32.7 Å². The van der Waals surface area contributed by atoms with Crippen LogP contribution in [0.3, 0.4) is 0 Å². The van der Waals surface area contributed by atoms with E-state index < -0.39 is 0 Å². The molecule has 0 radical (unpaired) electrons. The Labute approximate surface area is 115 Å². The number of hydrogen-bond donors (Lipinski definition) is 1. The van der Waals surface area contributed by atoms with Gasteiger partial charge < -0.3 is 14.7 Å². The third-order valence-corrected chi connectivity index (χ3v) is 3.72. The maximum atomic E-state index is 13.3. The zero-order chi connectivity index (χ0) is 14.5. The highest BCUT2D eigenvalue weighted by Gasteiger charge is 2.22. The van der Waals surface area contributed by atoms with Gasteiger partial charge in [0.2, 0.25) is 0 Å². The fourth-order valence-corrected chi connectivity index (χ4v) is 2.00. The lowest BCUT2D eigenvalue weighted by atomic mass is 9.98. The molecule has 0 aromatic heterocycles. The van der Waals surface area contributed by atoms with Crippen LogP contribution >= 0.6 is 0 Å². The molecular weight excluding hydrogens is 245 g/mol. The van der Waals surface area contributed by atoms with Gasteiger partial charge in [0, 0.05) is 18.7 Å². The van der Waals surface area contributed by atoms with Crippen molar-refractivity contribution in [1.29, 1.82) is 0 Å². The zero-order valence-corrected chi connectivity index (χ0v) is 12.2. The summed E-state index contributed by atoms with van der Waals surface area (Å²) < 4.78 is 18.5. The molecule has 0 atom stereocenters. The number of methoxy groups -OCH3 is 1. The van der Waals surface area contributed by atoms with Crippen LogP contribution in [0.4, 0.5) is 4.39 Å². The summed E-state index contributed by atoms with van der Waals surface area (Å²) in [6, 6.07) is 4.58. The van der Waals surface area contributed by atoms with E-state index >= 15 is 0 Å². The molecule has 108 valence electrons. The highest BCUT2D eigenvalue weighted by Crippen LogP contribution is 2.22. The van der Waals surface area contributed by atoms with E-state index in [1.165, 1.54) is 12.1 Å². The summed E-state index contributed by atoms with van der Waals surface area (Å²) in [5.74, 6) is 0.475. The van der Waals surface area contributed by atoms with E-state index in [-0.39, 0.29) is 18.0 Å². The minimum absolute atomic E-state index is 0.0741. The zero-order valence-electron chi connectivity index (χ0n) is 12.2. The number of aliphatic hydroxyl groups is 1. The first-order valence-electron chi connectivity index (χ1n) is 6.55. The number of halogens is 1. The second-order valence-corrected chi connectivity index (χ2v) is 5.41. The first-order valence-corrected chi connectivity index (χ1v) is 6.55. The van der Waals surface area contributed by atoms with Crippen LogP contribution in [0.2, 0.25) is 0 Å². The first-order chi connectivity index (χ1) is 8.90. The predicted molar refractivity (Wildman–Crippen MR) is 75.1 cm³/mol. The Hall–Kier alpha value is -1.13. The molecule has 4 heteroatoms. The molecule has 1 N–H and O–H groups in total. The van der Waals surface area contributed by atoms with Crippen LogP contribution in [0.15, 0.2) is 18.2 Å². The Balaban J connectivity index is 2.68. The number of hydrogen-bond acceptors (Lipinski definition) is 3. The minimum atomic E-state index is -0.243. The van der Waals surface area contributed by atoms with Gasteiger partial charge in [-0.2, -0.15) is 0 Å². The minimum Gasteiger partial charge on any atom is -0.496 e. The molecule has 0 fully saturated rings. The second kappa shape index (κ2) is 6.87. The van der Waals surface area contributed by atoms with Crippen molar-refractivity contribution in [1.82, 2.24) is 4.90 Å². The van der Waals surface area contributed by atoms with Crippen molar-refractivity contribution in [2.45, 2.75) is 32.2 Å². The number of rotatable bonds is 7. The molecule has 0 aliphatic rings. The molecule has 3 nitrogen and oxygen atoms in total. The third kappa shape index (κ3) is 4.48. The quantitative estimate of drug-likeness (QED) is 0.825. The maximum absolute atomic E-state index is 13.3. The van der Waals surface area contributed by atoms with Crippen molar-refractivity contribution in [2.75, 3.05) is 27.3 Å². The summed E-state index contributed by atoms with van der Waals surface area (Å²) in [5.41, 5.74) is 0.795. The highest BCUT2D eigenvalue weighted by atomic mass is 19.1. The van der Waals surface area contributed by atoms with Crippen LogP contribution in [0.25, 0.3) is 0 Å². The fraction of sp³-hybridized carbons (Fsp3) is 0.600. The molecule has 0 aliphatic heterocycles. The molecule has 0 saturated carbocycles. The van der Waals surface area contributed by atoms with Gasteiger partial charge in [0.05, 0.1) is 7.11 Å². The van der Waals surface area contributed by atoms with Gasteiger partial charge in [-0.15, -0.1) is 0 Å². The van der Waals surface area contributed by atoms with Crippen molar-refractivity contribution < 1.29 is 14.2 Å². The van der Waals surface area contributed by atoms with Gasteiger partial charge in [-0.05, 0) is 57.5 Å². The van der Waals surface area contributed by atoms with E-state index in [9.17, 15) is 4.39 Å². The fourth-order valence-electron chi connectivity index (χ4n) is 2.00. The predicted octanol–water partition coefficient (Wildman–Crippen LogP) is 2.47. The van der Waals surface area contributed by atoms with Crippen molar-refractivity contribution >= 4 is 0 Å². The average Bonchev–Trinajstić information content (AvgIpc) is 2.36. The molecule has 1 rings (SSSR count). The Morgan fingerprint density at radius 1 is 1.37 bits per heavy atom. The largest absolute Gasteiger partial charge is 0.496 e. The molecule has 19 heavy (non-hydrogen) atoms. The van der Waals surface area contributed by atoms with Crippen molar-refractivity contribution in [3.05, 3.63) is 29.6 Å². The Bertz CT molecular complexity index is 407. The second-order valence-electron chi connectivity index (χ2n) is 5.41. The van der Waals surface area contributed by atoms with Gasteiger partial charge in [0.15, 0.2) is 0 Å². The van der Waals surface area contributed by atoms with E-state index in [4.69, 9.17) is 9.84 Å². The molecule has 0 spiro atoms. The van der Waals surface area contributed by atoms with Crippen LogP contribution in [0.5, 0.6) is 5.75 Å². The molecular formula is C15H24FNO2. The van der Waals surface area contributed by atoms with Gasteiger partial charge in [-0.3, -0.25) is 0 Å². The number of ether oxygens (including phenoxy) is 1. The summed E-state index contributed by atoms with van der Waals surface area (Å²) in [5, 5.41) is 9.06. The number of aliphatic hydroxyl groups excluding tert-OH is 1. The van der Waals surface area contributed by atoms with E-state index in [1.807, 2.05) is 7.05 Å². The Morgan fingerprint density at radius 2 is 2.05 bits per heavy atom. The highest BCUT2D eigenvalue weighted by molar-refractivity contribution is 5.34. The smallest absolute Gasteiger partial charge is 0.123 e. The Kier molecular flexibility index (Phi) is 5.76. The average molecular weight is 269 g/mol. The van der Waals surface area contributed by atoms with Gasteiger partial charge in [-0.25, -0.2) is 4.39 Å². The van der Waals surface area contributed by atoms with Crippen LogP contribution in [-0.4, -0.2) is 42.9 Å². The third-order valence-electron chi connectivity index (χ3n) is 3.72. The number of benzene rings is 1. The van der Waals surface area contributed by atoms with Crippen molar-refractivity contribution in [3.63, 3.8) is 0 Å². The number of likely N-dealkylation sites (N-methyl/N-ethyl adjacent to an activating group) is 1. The van der Waals surface area contributed by atoms with Crippen LogP contribution in [-0.2, 0) is 6.42 Å². The summed E-state index contributed by atoms with van der Waals surface area (Å²) in [6.45, 7) is 5.13. The molecule has 0 bridgehead atoms. The summed E-state index contributed by atoms with van der Waals surface area (Å²) in [6.07, 6.45) is 1.43. The first kappa shape index (κ1) is 15.9. The van der Waals surface area contributed by atoms with Crippen molar-refractivity contribution in [3.8, 4) is 5.75 Å². The van der Waals surface area contributed by atoms with Gasteiger partial charge in [-0.1, -0.05) is 0 Å². The van der Waals surface area contributed by atoms with Gasteiger partial charge >= 0.3 is 0 Å². The molecule has 0 unspecified atom stereocenters. The summed E-state index contributed by atoms with van der Waals surface area (Å²) in [7, 11) is 3.61. The maximum Gasteiger partial charge on any atom is 0.123 e. The van der Waals surface area contributed by atoms with E-state index in [0.29, 0.717) is 12.8 Å². The van der Waals surface area contributed by atoms with Crippen LogP contribution in [0, 0.1) is 5.82 Å². The Morgan fingerprint density at radius 3 is 2.63 bits per heavy atom. The molecule has 0 heterocycles. The van der Waals surface area contributed by atoms with Crippen molar-refractivity contribution in [2.24, 2.45) is 0 Å². The normalized spacial score (nSPS) is 11.9. The van der Waals surface area contributed by atoms with Crippen LogP contribution < -0.4 is 4.74 Å². The molecule has 1 aromatic rings. The number of nitrogens with zero attached hydrogens (tertiary/aromatic N) is 1. The van der Waals surface area contributed by atoms with Gasteiger partial charge in [0.25, 0.3) is 0 Å². The summed E-state index contributed by atoms with van der Waals surface area (Å²) >= 11 is 0. The molecule has 0 amide bonds. The van der Waals surface area contributed by atoms with E-state index in [1.54, 1.807) is 13.2 Å².